The van der Waals surface area contributed by atoms with Crippen molar-refractivity contribution in [2.75, 3.05) is 11.4 Å². The quantitative estimate of drug-likeness (QED) is 0.587. The maximum Gasteiger partial charge on any atom is 0.305 e. The second-order valence-corrected chi connectivity index (χ2v) is 5.02. The number of carboxylic acid groups (broad SMARTS) is 1. The van der Waals surface area contributed by atoms with Crippen molar-refractivity contribution < 1.29 is 19.6 Å². The van der Waals surface area contributed by atoms with Crippen LogP contribution in [0.3, 0.4) is 0 Å². The third kappa shape index (κ3) is 4.83. The Morgan fingerprint density at radius 2 is 2.00 bits per heavy atom. The Kier molecular flexibility index (Phi) is 6.49. The minimum atomic E-state index is -1.02. The van der Waals surface area contributed by atoms with Gasteiger partial charge < -0.3 is 10.0 Å². The lowest BCUT2D eigenvalue weighted by Crippen LogP contribution is -2.33. The van der Waals surface area contributed by atoms with Crippen LogP contribution in [0.4, 0.5) is 11.4 Å². The van der Waals surface area contributed by atoms with Crippen LogP contribution in [-0.2, 0) is 9.59 Å². The van der Waals surface area contributed by atoms with E-state index in [1.165, 1.54) is 17.0 Å². The number of aliphatic carboxylic acids is 1. The highest BCUT2D eigenvalue weighted by atomic mass is 16.6. The second-order valence-electron chi connectivity index (χ2n) is 5.02. The predicted octanol–water partition coefficient (Wildman–Crippen LogP) is 2.90. The highest BCUT2D eigenvalue weighted by Crippen LogP contribution is 2.26. The van der Waals surface area contributed by atoms with Crippen LogP contribution < -0.4 is 4.90 Å². The summed E-state index contributed by atoms with van der Waals surface area (Å²) in [6, 6.07) is 4.25. The van der Waals surface area contributed by atoms with E-state index in [0.29, 0.717) is 17.7 Å². The van der Waals surface area contributed by atoms with Crippen LogP contribution in [0.2, 0.25) is 0 Å². The summed E-state index contributed by atoms with van der Waals surface area (Å²) < 4.78 is 0. The number of carbonyl (C=O) groups is 2. The largest absolute Gasteiger partial charge is 0.481 e. The topological polar surface area (TPSA) is 101 Å². The number of amides is 1. The maximum absolute atomic E-state index is 12.3. The summed E-state index contributed by atoms with van der Waals surface area (Å²) in [6.45, 7) is 3.69. The van der Waals surface area contributed by atoms with Crippen LogP contribution in [0.15, 0.2) is 18.2 Å². The summed E-state index contributed by atoms with van der Waals surface area (Å²) in [7, 11) is 0. The fourth-order valence-electron chi connectivity index (χ4n) is 2.05. The fraction of sp³-hybridized carbons (Fsp3) is 0.467. The number of hydrogen-bond acceptors (Lipinski definition) is 4. The van der Waals surface area contributed by atoms with Crippen molar-refractivity contribution in [1.82, 2.24) is 0 Å². The number of non-ortho nitro benzene ring substituents is 1. The Labute approximate surface area is 128 Å². The number of nitro groups is 1. The summed E-state index contributed by atoms with van der Waals surface area (Å²) in [5, 5.41) is 19.7. The molecule has 0 saturated carbocycles. The lowest BCUT2D eigenvalue weighted by Gasteiger charge is -2.24. The highest BCUT2D eigenvalue weighted by molar-refractivity contribution is 5.95. The van der Waals surface area contributed by atoms with E-state index >= 15 is 0 Å². The summed E-state index contributed by atoms with van der Waals surface area (Å²) in [5.41, 5.74) is 0.974. The molecule has 1 rings (SSSR count). The van der Waals surface area contributed by atoms with Gasteiger partial charge >= 0.3 is 5.97 Å². The number of anilines is 1. The Morgan fingerprint density at radius 3 is 2.55 bits per heavy atom. The summed E-state index contributed by atoms with van der Waals surface area (Å²) in [5.74, 6) is -1.23. The Bertz CT molecular complexity index is 571. The van der Waals surface area contributed by atoms with Gasteiger partial charge in [0.2, 0.25) is 5.91 Å². The molecule has 1 amide bonds. The van der Waals surface area contributed by atoms with Crippen molar-refractivity contribution >= 4 is 23.3 Å². The van der Waals surface area contributed by atoms with Crippen LogP contribution in [0.1, 0.15) is 38.2 Å². The second kappa shape index (κ2) is 8.11. The van der Waals surface area contributed by atoms with Gasteiger partial charge in [-0.3, -0.25) is 19.7 Å². The molecule has 0 radical (unpaired) electrons. The first-order chi connectivity index (χ1) is 10.4. The number of unbranched alkanes of at least 4 members (excludes halogenated alkanes) is 1. The molecule has 0 fully saturated rings. The minimum Gasteiger partial charge on any atom is -0.481 e. The van der Waals surface area contributed by atoms with Crippen LogP contribution in [0.5, 0.6) is 0 Å². The minimum absolute atomic E-state index is 0.000111. The van der Waals surface area contributed by atoms with Crippen molar-refractivity contribution in [3.05, 3.63) is 33.9 Å². The average molecular weight is 308 g/mol. The Hall–Kier alpha value is -2.44. The zero-order valence-corrected chi connectivity index (χ0v) is 12.7. The smallest absolute Gasteiger partial charge is 0.305 e. The van der Waals surface area contributed by atoms with E-state index in [1.54, 1.807) is 13.0 Å². The van der Waals surface area contributed by atoms with E-state index in [-0.39, 0.29) is 31.0 Å². The molecule has 1 aromatic rings. The molecule has 120 valence electrons. The maximum atomic E-state index is 12.3. The molecule has 1 aromatic carbocycles. The molecule has 1 N–H and O–H groups in total. The molecular weight excluding hydrogens is 288 g/mol. The van der Waals surface area contributed by atoms with Gasteiger partial charge in [0.15, 0.2) is 0 Å². The number of nitro benzene ring substituents is 1. The molecule has 0 aliphatic rings. The van der Waals surface area contributed by atoms with Crippen LogP contribution in [0, 0.1) is 17.0 Å². The molecular formula is C15H20N2O5. The summed E-state index contributed by atoms with van der Waals surface area (Å²) >= 11 is 0. The Balaban J connectivity index is 3.13. The van der Waals surface area contributed by atoms with Crippen molar-refractivity contribution in [2.24, 2.45) is 0 Å². The number of hydrogen-bond donors (Lipinski definition) is 1. The molecule has 22 heavy (non-hydrogen) atoms. The zero-order chi connectivity index (χ0) is 16.7. The molecule has 0 unspecified atom stereocenters. The van der Waals surface area contributed by atoms with Crippen LogP contribution in [-0.4, -0.2) is 28.5 Å². The molecule has 0 spiro atoms. The third-order valence-corrected chi connectivity index (χ3v) is 3.29. The fourth-order valence-corrected chi connectivity index (χ4v) is 2.05. The first-order valence-corrected chi connectivity index (χ1v) is 7.14. The Morgan fingerprint density at radius 1 is 1.32 bits per heavy atom. The molecule has 0 aliphatic heterocycles. The molecule has 0 bridgehead atoms. The van der Waals surface area contributed by atoms with Crippen molar-refractivity contribution in [3.63, 3.8) is 0 Å². The lowest BCUT2D eigenvalue weighted by atomic mass is 10.1. The van der Waals surface area contributed by atoms with E-state index in [4.69, 9.17) is 5.11 Å². The van der Waals surface area contributed by atoms with Crippen LogP contribution >= 0.6 is 0 Å². The molecule has 7 heteroatoms. The number of nitrogens with zero attached hydrogens (tertiary/aromatic N) is 2. The lowest BCUT2D eigenvalue weighted by molar-refractivity contribution is -0.384. The van der Waals surface area contributed by atoms with Gasteiger partial charge in [-0.25, -0.2) is 0 Å². The van der Waals surface area contributed by atoms with Crippen molar-refractivity contribution in [2.45, 2.75) is 39.5 Å². The van der Waals surface area contributed by atoms with Gasteiger partial charge in [0, 0.05) is 25.1 Å². The predicted molar refractivity (Wildman–Crippen MR) is 82.0 cm³/mol. The molecule has 0 saturated heterocycles. The van der Waals surface area contributed by atoms with Gasteiger partial charge in [0.05, 0.1) is 17.0 Å². The first kappa shape index (κ1) is 17.6. The summed E-state index contributed by atoms with van der Waals surface area (Å²) in [4.78, 5) is 34.8. The molecule has 0 heterocycles. The van der Waals surface area contributed by atoms with Gasteiger partial charge in [-0.2, -0.15) is 0 Å². The van der Waals surface area contributed by atoms with Gasteiger partial charge in [-0.15, -0.1) is 0 Å². The third-order valence-electron chi connectivity index (χ3n) is 3.29. The van der Waals surface area contributed by atoms with E-state index in [1.807, 2.05) is 6.92 Å². The highest BCUT2D eigenvalue weighted by Gasteiger charge is 2.20. The van der Waals surface area contributed by atoms with Crippen LogP contribution in [0.25, 0.3) is 0 Å². The van der Waals surface area contributed by atoms with E-state index < -0.39 is 10.9 Å². The van der Waals surface area contributed by atoms with Gasteiger partial charge in [-0.1, -0.05) is 19.4 Å². The van der Waals surface area contributed by atoms with Gasteiger partial charge in [-0.05, 0) is 18.9 Å². The monoisotopic (exact) mass is 308 g/mol. The number of carboxylic acids is 1. The molecule has 0 aromatic heterocycles. The number of aryl methyl sites for hydroxylation is 1. The van der Waals surface area contributed by atoms with Gasteiger partial charge in [0.1, 0.15) is 0 Å². The molecule has 0 aliphatic carbocycles. The molecule has 0 atom stereocenters. The number of rotatable bonds is 8. The molecule has 7 nitrogen and oxygen atoms in total. The van der Waals surface area contributed by atoms with E-state index in [9.17, 15) is 19.7 Å². The first-order valence-electron chi connectivity index (χ1n) is 7.14. The average Bonchev–Trinajstić information content (AvgIpc) is 2.46. The standard InChI is InChI=1S/C15H20N2O5/c1-3-4-5-14(18)16(9-8-15(19)20)13-10-12(17(21)22)7-6-11(13)2/h6-7,10H,3-5,8-9H2,1-2H3,(H,19,20). The number of benzene rings is 1. The summed E-state index contributed by atoms with van der Waals surface area (Å²) in [6.07, 6.45) is 1.61. The van der Waals surface area contributed by atoms with E-state index in [0.717, 1.165) is 6.42 Å². The SMILES string of the molecule is CCCCC(=O)N(CCC(=O)O)c1cc([N+](=O)[O-])ccc1C. The van der Waals surface area contributed by atoms with E-state index in [2.05, 4.69) is 0 Å². The van der Waals surface area contributed by atoms with Crippen molar-refractivity contribution in [1.29, 1.82) is 0 Å². The zero-order valence-electron chi connectivity index (χ0n) is 12.7. The number of carbonyl (C=O) groups excluding carboxylic acids is 1. The normalized spacial score (nSPS) is 10.3. The van der Waals surface area contributed by atoms with Gasteiger partial charge in [0.25, 0.3) is 5.69 Å². The van der Waals surface area contributed by atoms with Crippen molar-refractivity contribution in [3.8, 4) is 0 Å².